The Kier molecular flexibility index (Phi) is 6.78. The van der Waals surface area contributed by atoms with Gasteiger partial charge in [-0.2, -0.15) is 0 Å². The van der Waals surface area contributed by atoms with E-state index in [0.29, 0.717) is 0 Å². The molecule has 1 aliphatic rings. The predicted octanol–water partition coefficient (Wildman–Crippen LogP) is 15.9. The third-order valence-electron chi connectivity index (χ3n) is 13.0. The third kappa shape index (κ3) is 4.62. The van der Waals surface area contributed by atoms with E-state index in [1.165, 1.54) is 120 Å². The van der Waals surface area contributed by atoms with Crippen LogP contribution in [0.15, 0.2) is 194 Å². The van der Waals surface area contributed by atoms with E-state index in [0.717, 1.165) is 0 Å². The van der Waals surface area contributed by atoms with Crippen LogP contribution in [-0.2, 0) is 5.41 Å². The standard InChI is InChI=1S/C57H38/c1-57(2)55-42-16-6-5-14-37(42)29-32-50(55)54-44-18-8-7-17-43(44)51-34-41(30-31-49(51)56(54)57)53-47-21-11-9-19-45(47)52(46-20-10-12-22-48(46)53)38-26-23-36(24-27-38)40-28-25-35-13-3-4-15-39(35)33-40/h3-34H,1-2H3. The number of hydrogen-bond acceptors (Lipinski definition) is 0. The molecule has 0 saturated heterocycles. The van der Waals surface area contributed by atoms with Crippen LogP contribution in [0.25, 0.3) is 109 Å². The number of fused-ring (bicyclic) bond motifs is 13. The van der Waals surface area contributed by atoms with Gasteiger partial charge in [0.2, 0.25) is 0 Å². The largest absolute Gasteiger partial charge is 0.0616 e. The zero-order valence-corrected chi connectivity index (χ0v) is 32.0. The fourth-order valence-corrected chi connectivity index (χ4v) is 10.5. The topological polar surface area (TPSA) is 0 Å². The fourth-order valence-electron chi connectivity index (χ4n) is 10.5. The summed E-state index contributed by atoms with van der Waals surface area (Å²) in [5, 5.41) is 15.6. The molecular weight excluding hydrogens is 685 g/mol. The third-order valence-corrected chi connectivity index (χ3v) is 13.0. The maximum absolute atomic E-state index is 2.49. The summed E-state index contributed by atoms with van der Waals surface area (Å²) < 4.78 is 0. The molecule has 57 heavy (non-hydrogen) atoms. The molecule has 1 aliphatic carbocycles. The zero-order valence-electron chi connectivity index (χ0n) is 32.0. The molecule has 0 aliphatic heterocycles. The Morgan fingerprint density at radius 3 is 1.40 bits per heavy atom. The Balaban J connectivity index is 1.07. The van der Waals surface area contributed by atoms with Gasteiger partial charge in [-0.1, -0.05) is 196 Å². The van der Waals surface area contributed by atoms with E-state index in [1.54, 1.807) is 0 Å². The number of benzene rings is 11. The highest BCUT2D eigenvalue weighted by atomic mass is 14.4. The van der Waals surface area contributed by atoms with E-state index < -0.39 is 0 Å². The van der Waals surface area contributed by atoms with Gasteiger partial charge in [-0.15, -0.1) is 0 Å². The van der Waals surface area contributed by atoms with E-state index >= 15 is 0 Å². The highest BCUT2D eigenvalue weighted by Gasteiger charge is 2.39. The molecule has 0 heteroatoms. The first-order chi connectivity index (χ1) is 28.0. The molecule has 0 fully saturated rings. The molecule has 0 aromatic heterocycles. The molecule has 0 N–H and O–H groups in total. The van der Waals surface area contributed by atoms with Gasteiger partial charge in [0, 0.05) is 5.41 Å². The van der Waals surface area contributed by atoms with Crippen LogP contribution in [0.4, 0.5) is 0 Å². The van der Waals surface area contributed by atoms with Crippen LogP contribution >= 0.6 is 0 Å². The van der Waals surface area contributed by atoms with E-state index in [9.17, 15) is 0 Å². The van der Waals surface area contributed by atoms with Crippen molar-refractivity contribution in [2.45, 2.75) is 19.3 Å². The molecule has 0 saturated carbocycles. The van der Waals surface area contributed by atoms with Gasteiger partial charge < -0.3 is 0 Å². The van der Waals surface area contributed by atoms with E-state index in [4.69, 9.17) is 0 Å². The van der Waals surface area contributed by atoms with Gasteiger partial charge in [-0.3, -0.25) is 0 Å². The lowest BCUT2D eigenvalue weighted by atomic mass is 9.77. The van der Waals surface area contributed by atoms with Crippen molar-refractivity contribution in [1.29, 1.82) is 0 Å². The van der Waals surface area contributed by atoms with Crippen LogP contribution < -0.4 is 0 Å². The monoisotopic (exact) mass is 722 g/mol. The molecule has 11 aromatic carbocycles. The van der Waals surface area contributed by atoms with Crippen molar-refractivity contribution in [3.05, 3.63) is 205 Å². The fraction of sp³-hybridized carbons (Fsp3) is 0.0526. The predicted molar refractivity (Wildman–Crippen MR) is 245 cm³/mol. The first kappa shape index (κ1) is 32.2. The summed E-state index contributed by atoms with van der Waals surface area (Å²) in [4.78, 5) is 0. The second kappa shape index (κ2) is 12.0. The minimum atomic E-state index is -0.166. The van der Waals surface area contributed by atoms with Gasteiger partial charge >= 0.3 is 0 Å². The SMILES string of the molecule is CC1(C)c2c(ccc3ccccc23)-c2c1c1ccc(-c3c4ccccc4c(-c4ccc(-c5ccc6ccccc6c5)cc4)c4ccccc34)cc1c1ccccc21. The van der Waals surface area contributed by atoms with Gasteiger partial charge in [0.1, 0.15) is 0 Å². The summed E-state index contributed by atoms with van der Waals surface area (Å²) in [6, 6.07) is 72.5. The van der Waals surface area contributed by atoms with Crippen LogP contribution in [-0.4, -0.2) is 0 Å². The summed E-state index contributed by atoms with van der Waals surface area (Å²) in [5.41, 5.74) is 13.0. The maximum Gasteiger partial charge on any atom is 0.0171 e. The summed E-state index contributed by atoms with van der Waals surface area (Å²) in [5.74, 6) is 0. The Labute approximate surface area is 332 Å². The first-order valence-corrected chi connectivity index (χ1v) is 20.1. The maximum atomic E-state index is 2.49. The van der Waals surface area contributed by atoms with Crippen molar-refractivity contribution in [2.24, 2.45) is 0 Å². The van der Waals surface area contributed by atoms with Gasteiger partial charge in [-0.05, 0) is 132 Å². The zero-order chi connectivity index (χ0) is 37.8. The molecule has 0 radical (unpaired) electrons. The lowest BCUT2D eigenvalue weighted by Crippen LogP contribution is -2.16. The molecule has 0 bridgehead atoms. The molecule has 12 rings (SSSR count). The molecule has 0 atom stereocenters. The second-order valence-electron chi connectivity index (χ2n) is 16.4. The minimum absolute atomic E-state index is 0.166. The van der Waals surface area contributed by atoms with Crippen LogP contribution in [0, 0.1) is 0 Å². The molecular formula is C57H38. The lowest BCUT2D eigenvalue weighted by molar-refractivity contribution is 0.672. The van der Waals surface area contributed by atoms with Crippen molar-refractivity contribution in [1.82, 2.24) is 0 Å². The Bertz CT molecular complexity index is 3410. The quantitative estimate of drug-likeness (QED) is 0.126. The van der Waals surface area contributed by atoms with Gasteiger partial charge in [0.15, 0.2) is 0 Å². The van der Waals surface area contributed by atoms with Crippen molar-refractivity contribution in [2.75, 3.05) is 0 Å². The highest BCUT2D eigenvalue weighted by Crippen LogP contribution is 2.57. The summed E-state index contributed by atoms with van der Waals surface area (Å²) in [7, 11) is 0. The van der Waals surface area contributed by atoms with Crippen LogP contribution in [0.5, 0.6) is 0 Å². The smallest absolute Gasteiger partial charge is 0.0171 e. The van der Waals surface area contributed by atoms with E-state index in [-0.39, 0.29) is 5.41 Å². The Morgan fingerprint density at radius 2 is 0.737 bits per heavy atom. The van der Waals surface area contributed by atoms with Crippen molar-refractivity contribution in [3.8, 4) is 44.5 Å². The Hall–Kier alpha value is -7.02. The Morgan fingerprint density at radius 1 is 0.263 bits per heavy atom. The lowest BCUT2D eigenvalue weighted by Gasteiger charge is -2.25. The first-order valence-electron chi connectivity index (χ1n) is 20.1. The van der Waals surface area contributed by atoms with Gasteiger partial charge in [0.05, 0.1) is 0 Å². The van der Waals surface area contributed by atoms with Crippen molar-refractivity contribution in [3.63, 3.8) is 0 Å². The highest BCUT2D eigenvalue weighted by molar-refractivity contribution is 6.24. The summed E-state index contributed by atoms with van der Waals surface area (Å²) in [6.45, 7) is 4.86. The average molecular weight is 723 g/mol. The molecule has 266 valence electrons. The molecule has 0 nitrogen and oxygen atoms in total. The molecule has 0 amide bonds. The minimum Gasteiger partial charge on any atom is -0.0616 e. The second-order valence-corrected chi connectivity index (χ2v) is 16.4. The molecule has 0 heterocycles. The van der Waals surface area contributed by atoms with Gasteiger partial charge in [0.25, 0.3) is 0 Å². The number of hydrogen-bond donors (Lipinski definition) is 0. The van der Waals surface area contributed by atoms with E-state index in [2.05, 4.69) is 208 Å². The number of rotatable bonds is 3. The molecule has 0 spiro atoms. The van der Waals surface area contributed by atoms with Crippen LogP contribution in [0.2, 0.25) is 0 Å². The normalized spacial score (nSPS) is 13.2. The van der Waals surface area contributed by atoms with Crippen molar-refractivity contribution < 1.29 is 0 Å². The summed E-state index contributed by atoms with van der Waals surface area (Å²) in [6.07, 6.45) is 0. The van der Waals surface area contributed by atoms with E-state index in [1.807, 2.05) is 0 Å². The van der Waals surface area contributed by atoms with Crippen LogP contribution in [0.1, 0.15) is 25.0 Å². The average Bonchev–Trinajstić information content (AvgIpc) is 3.52. The molecule has 0 unspecified atom stereocenters. The summed E-state index contributed by atoms with van der Waals surface area (Å²) >= 11 is 0. The molecule has 11 aromatic rings. The van der Waals surface area contributed by atoms with Crippen LogP contribution in [0.3, 0.4) is 0 Å². The van der Waals surface area contributed by atoms with Gasteiger partial charge in [-0.25, -0.2) is 0 Å². The van der Waals surface area contributed by atoms with Crippen molar-refractivity contribution >= 4 is 64.6 Å².